The quantitative estimate of drug-likeness (QED) is 0.0302. The van der Waals surface area contributed by atoms with E-state index in [-0.39, 0.29) is 31.0 Å². The van der Waals surface area contributed by atoms with Gasteiger partial charge in [-0.05, 0) is 51.9 Å². The van der Waals surface area contributed by atoms with E-state index in [0.29, 0.717) is 12.2 Å². The van der Waals surface area contributed by atoms with Gasteiger partial charge in [0.05, 0.1) is 0 Å². The summed E-state index contributed by atoms with van der Waals surface area (Å²) in [5.74, 6) is -0.162. The van der Waals surface area contributed by atoms with E-state index < -0.39 is 5.91 Å². The van der Waals surface area contributed by atoms with Crippen molar-refractivity contribution in [3.05, 3.63) is 24.3 Å². The summed E-state index contributed by atoms with van der Waals surface area (Å²) in [4.78, 5) is 54.3. The fourth-order valence-corrected chi connectivity index (χ4v) is 6.14. The van der Waals surface area contributed by atoms with E-state index in [2.05, 4.69) is 58.7 Å². The predicted molar refractivity (Wildman–Crippen MR) is 258 cm³/mol. The molecule has 0 aromatic rings. The zero-order valence-corrected chi connectivity index (χ0v) is 40.1. The Morgan fingerprint density at radius 2 is 1.00 bits per heavy atom. The molecule has 1 amide bonds. The van der Waals surface area contributed by atoms with Gasteiger partial charge in [-0.15, -0.1) is 0 Å². The second kappa shape index (κ2) is 58.9. The van der Waals surface area contributed by atoms with Gasteiger partial charge in [-0.3, -0.25) is 14.4 Å². The Morgan fingerprint density at radius 3 is 1.34 bits per heavy atom. The molecule has 1 N–H and O–H groups in total. The number of rotatable bonds is 34. The van der Waals surface area contributed by atoms with Crippen LogP contribution < -0.4 is 5.32 Å². The van der Waals surface area contributed by atoms with Crippen molar-refractivity contribution < 1.29 is 24.0 Å². The summed E-state index contributed by atoms with van der Waals surface area (Å²) < 4.78 is 0. The standard InChI is InChI=1S/C24H43NO2.C18H34O2.C5H12.C2H4O.C2H6.CH4/c1-6-8-10-11-12-13-14-15-16-18-22(23(26)24(27)25-5)19-21(4)20(3)17-9-7-2;1-17(18(2)20)15-13-11-9-7-5-3-4-6-8-10-12-14-16-19;1-3-5-4-2;1-2-3;1-2;/h9,17,20,22H,4,6-8,10-16,18-19H2,1-3,5H3,(H,25,27);16-17H,3-15H2,1-2H3;3-5H2,1-2H3;2H,1H3;1-2H3;1H4/b17-9-;;;;;/t20-,22+;;;;;/m0...../s1. The summed E-state index contributed by atoms with van der Waals surface area (Å²) in [5.41, 5.74) is 1.04. The Hall–Kier alpha value is -2.37. The van der Waals surface area contributed by atoms with Gasteiger partial charge in [0.25, 0.3) is 5.91 Å². The van der Waals surface area contributed by atoms with Gasteiger partial charge < -0.3 is 14.9 Å². The summed E-state index contributed by atoms with van der Waals surface area (Å²) >= 11 is 0. The molecule has 3 atom stereocenters. The molecule has 0 aromatic carbocycles. The van der Waals surface area contributed by atoms with Crippen LogP contribution in [0.4, 0.5) is 0 Å². The van der Waals surface area contributed by atoms with Crippen molar-refractivity contribution in [2.75, 3.05) is 7.05 Å². The molecule has 0 saturated carbocycles. The monoisotopic (exact) mass is 822 g/mol. The predicted octanol–water partition coefficient (Wildman–Crippen LogP) is 15.9. The SMILES string of the molecule is C.C=C(C[C@@H](CCCCCCCCCCC)C(=O)C(=O)NC)[C@@H](C)/C=C\CC.CC.CC(=O)C(C)CCCCCCCCCCCCCC=O.CC=O.CCCCC. The first-order valence-corrected chi connectivity index (χ1v) is 23.9. The highest BCUT2D eigenvalue weighted by atomic mass is 16.2. The van der Waals surface area contributed by atoms with E-state index >= 15 is 0 Å². The first-order valence-electron chi connectivity index (χ1n) is 23.9. The number of aldehydes is 2. The maximum absolute atomic E-state index is 12.4. The third kappa shape index (κ3) is 55.7. The zero-order chi connectivity index (χ0) is 44.4. The third-order valence-corrected chi connectivity index (χ3v) is 10.2. The van der Waals surface area contributed by atoms with Crippen molar-refractivity contribution in [3.63, 3.8) is 0 Å². The minimum Gasteiger partial charge on any atom is -0.353 e. The van der Waals surface area contributed by atoms with Crippen molar-refractivity contribution in [1.29, 1.82) is 0 Å². The second-order valence-electron chi connectivity index (χ2n) is 15.5. The lowest BCUT2D eigenvalue weighted by Crippen LogP contribution is -2.33. The lowest BCUT2D eigenvalue weighted by Gasteiger charge is -2.19. The molecule has 0 bridgehead atoms. The van der Waals surface area contributed by atoms with E-state index in [1.807, 2.05) is 20.8 Å². The van der Waals surface area contributed by atoms with Gasteiger partial charge in [0.15, 0.2) is 0 Å². The van der Waals surface area contributed by atoms with Crippen molar-refractivity contribution in [2.45, 2.75) is 256 Å². The number of carbonyl (C=O) groups is 5. The highest BCUT2D eigenvalue weighted by Gasteiger charge is 2.25. The number of Topliss-reactive ketones (excluding diaryl/α,β-unsaturated/α-hetero) is 2. The number of ketones is 2. The number of hydrogen-bond donors (Lipinski definition) is 1. The van der Waals surface area contributed by atoms with Crippen LogP contribution in [0.5, 0.6) is 0 Å². The van der Waals surface area contributed by atoms with E-state index in [1.165, 1.54) is 142 Å². The van der Waals surface area contributed by atoms with Gasteiger partial charge in [0.2, 0.25) is 5.78 Å². The summed E-state index contributed by atoms with van der Waals surface area (Å²) in [6.45, 7) is 24.2. The van der Waals surface area contributed by atoms with Crippen LogP contribution in [-0.2, 0) is 24.0 Å². The number of allylic oxidation sites excluding steroid dienone is 3. The molecule has 6 nitrogen and oxygen atoms in total. The van der Waals surface area contributed by atoms with Crippen LogP contribution in [0.15, 0.2) is 24.3 Å². The molecular weight excluding hydrogens is 719 g/mol. The van der Waals surface area contributed by atoms with Gasteiger partial charge >= 0.3 is 0 Å². The van der Waals surface area contributed by atoms with Crippen LogP contribution >= 0.6 is 0 Å². The number of nitrogens with one attached hydrogen (secondary N) is 1. The minimum atomic E-state index is -0.472. The van der Waals surface area contributed by atoms with Crippen LogP contribution in [0.25, 0.3) is 0 Å². The van der Waals surface area contributed by atoms with Crippen LogP contribution in [0.3, 0.4) is 0 Å². The first kappa shape index (κ1) is 67.4. The molecule has 6 heteroatoms. The molecule has 0 radical (unpaired) electrons. The Balaban J connectivity index is -0.000000191. The molecular formula is C52H103NO5. The fourth-order valence-electron chi connectivity index (χ4n) is 6.14. The topological polar surface area (TPSA) is 97.4 Å². The Kier molecular flexibility index (Phi) is 68.5. The maximum atomic E-state index is 12.4. The minimum absolute atomic E-state index is 0. The number of unbranched alkanes of at least 4 members (excludes halogenated alkanes) is 21. The number of hydrogen-bond acceptors (Lipinski definition) is 5. The summed E-state index contributed by atoms with van der Waals surface area (Å²) in [6, 6.07) is 0. The van der Waals surface area contributed by atoms with E-state index in [1.54, 1.807) is 6.92 Å². The maximum Gasteiger partial charge on any atom is 0.287 e. The van der Waals surface area contributed by atoms with E-state index in [4.69, 9.17) is 4.79 Å². The Morgan fingerprint density at radius 1 is 0.621 bits per heavy atom. The van der Waals surface area contributed by atoms with Crippen molar-refractivity contribution in [1.82, 2.24) is 5.32 Å². The molecule has 0 aliphatic carbocycles. The smallest absolute Gasteiger partial charge is 0.287 e. The van der Waals surface area contributed by atoms with Crippen molar-refractivity contribution in [2.24, 2.45) is 17.8 Å². The fraction of sp³-hybridized carbons (Fsp3) is 0.827. The average Bonchev–Trinajstić information content (AvgIpc) is 3.21. The molecule has 0 heterocycles. The van der Waals surface area contributed by atoms with Gasteiger partial charge in [-0.2, -0.15) is 0 Å². The molecule has 0 rings (SSSR count). The third-order valence-electron chi connectivity index (χ3n) is 10.2. The molecule has 0 aliphatic heterocycles. The van der Waals surface area contributed by atoms with Crippen LogP contribution in [-0.4, -0.2) is 37.1 Å². The number of likely N-dealkylation sites (N-methyl/N-ethyl adjacent to an activating group) is 1. The van der Waals surface area contributed by atoms with Crippen molar-refractivity contribution in [3.8, 4) is 0 Å². The van der Waals surface area contributed by atoms with Gasteiger partial charge in [0, 0.05) is 25.3 Å². The van der Waals surface area contributed by atoms with Crippen LogP contribution in [0.2, 0.25) is 0 Å². The molecule has 0 aliphatic rings. The Labute approximate surface area is 363 Å². The number of carbonyl (C=O) groups excluding carboxylic acids is 5. The molecule has 0 spiro atoms. The lowest BCUT2D eigenvalue weighted by atomic mass is 9.85. The first-order chi connectivity index (χ1) is 27.5. The van der Waals surface area contributed by atoms with Crippen LogP contribution in [0.1, 0.15) is 256 Å². The summed E-state index contributed by atoms with van der Waals surface area (Å²) in [6.07, 6.45) is 39.8. The molecule has 0 fully saturated rings. The molecule has 0 saturated heterocycles. The summed E-state index contributed by atoms with van der Waals surface area (Å²) in [5, 5.41) is 2.48. The lowest BCUT2D eigenvalue weighted by molar-refractivity contribution is -0.140. The van der Waals surface area contributed by atoms with Crippen LogP contribution in [0, 0.1) is 17.8 Å². The zero-order valence-electron chi connectivity index (χ0n) is 40.1. The second-order valence-corrected chi connectivity index (χ2v) is 15.5. The molecule has 346 valence electrons. The van der Waals surface area contributed by atoms with E-state index in [0.717, 1.165) is 63.1 Å². The normalized spacial score (nSPS) is 11.6. The molecule has 0 aromatic heterocycles. The summed E-state index contributed by atoms with van der Waals surface area (Å²) in [7, 11) is 1.53. The van der Waals surface area contributed by atoms with Gasteiger partial charge in [-0.25, -0.2) is 0 Å². The molecule has 58 heavy (non-hydrogen) atoms. The van der Waals surface area contributed by atoms with Gasteiger partial charge in [0.1, 0.15) is 18.4 Å². The van der Waals surface area contributed by atoms with Gasteiger partial charge in [-0.1, -0.05) is 228 Å². The highest BCUT2D eigenvalue weighted by Crippen LogP contribution is 2.25. The van der Waals surface area contributed by atoms with E-state index in [9.17, 15) is 19.2 Å². The average molecular weight is 822 g/mol. The molecule has 1 unspecified atom stereocenters. The van der Waals surface area contributed by atoms with Crippen molar-refractivity contribution >= 4 is 30.0 Å². The Bertz CT molecular complexity index is 909. The number of amides is 1. The highest BCUT2D eigenvalue weighted by molar-refractivity contribution is 6.36. The largest absolute Gasteiger partial charge is 0.353 e.